The molecule has 148 valence electrons. The topological polar surface area (TPSA) is 115 Å². The molecule has 1 saturated heterocycles. The molecule has 0 unspecified atom stereocenters. The summed E-state index contributed by atoms with van der Waals surface area (Å²) in [7, 11) is -0.134. The Hall–Kier alpha value is -2.92. The number of hydrogen-bond acceptors (Lipinski definition) is 8. The lowest BCUT2D eigenvalue weighted by Gasteiger charge is -2.08. The van der Waals surface area contributed by atoms with Gasteiger partial charge in [-0.05, 0) is 30.7 Å². The Labute approximate surface area is 162 Å². The molecule has 28 heavy (non-hydrogen) atoms. The summed E-state index contributed by atoms with van der Waals surface area (Å²) in [6, 6.07) is 7.17. The predicted octanol–water partition coefficient (Wildman–Crippen LogP) is 1.76. The third-order valence-corrected chi connectivity index (χ3v) is 5.68. The van der Waals surface area contributed by atoms with E-state index in [9.17, 15) is 8.42 Å². The monoisotopic (exact) mass is 404 g/mol. The molecule has 10 nitrogen and oxygen atoms in total. The van der Waals surface area contributed by atoms with Crippen molar-refractivity contribution >= 4 is 21.7 Å². The minimum absolute atomic E-state index is 0.0738. The second kappa shape index (κ2) is 7.24. The summed E-state index contributed by atoms with van der Waals surface area (Å²) >= 11 is 0. The quantitative estimate of drug-likeness (QED) is 0.661. The van der Waals surface area contributed by atoms with E-state index in [0.717, 1.165) is 6.42 Å². The van der Waals surface area contributed by atoms with E-state index >= 15 is 0 Å². The number of ether oxygens (including phenoxy) is 1. The molecule has 0 spiro atoms. The van der Waals surface area contributed by atoms with Crippen molar-refractivity contribution in [2.24, 2.45) is 0 Å². The van der Waals surface area contributed by atoms with Crippen LogP contribution in [0, 0.1) is 0 Å². The zero-order valence-corrected chi connectivity index (χ0v) is 16.3. The number of benzene rings is 1. The fourth-order valence-electron chi connectivity index (χ4n) is 2.80. The summed E-state index contributed by atoms with van der Waals surface area (Å²) in [6.07, 6.45) is 3.69. The van der Waals surface area contributed by atoms with E-state index in [0.29, 0.717) is 36.4 Å². The van der Waals surface area contributed by atoms with Gasteiger partial charge in [0.1, 0.15) is 4.90 Å². The van der Waals surface area contributed by atoms with Gasteiger partial charge in [-0.25, -0.2) is 8.42 Å². The van der Waals surface area contributed by atoms with Crippen molar-refractivity contribution in [3.8, 4) is 11.5 Å². The van der Waals surface area contributed by atoms with Crippen LogP contribution < -0.4 is 9.62 Å². The van der Waals surface area contributed by atoms with Crippen molar-refractivity contribution in [2.45, 2.75) is 17.4 Å². The molecule has 1 atom stereocenters. The Bertz CT molecular complexity index is 1050. The Morgan fingerprint density at radius 2 is 2.00 bits per heavy atom. The highest BCUT2D eigenvalue weighted by molar-refractivity contribution is 7.92. The van der Waals surface area contributed by atoms with Crippen LogP contribution in [0.1, 0.15) is 12.5 Å². The highest BCUT2D eigenvalue weighted by Gasteiger charge is 2.22. The molecule has 4 rings (SSSR count). The number of sulfonamides is 1. The van der Waals surface area contributed by atoms with Crippen LogP contribution in [0.4, 0.5) is 11.7 Å². The van der Waals surface area contributed by atoms with Crippen LogP contribution in [0.5, 0.6) is 0 Å². The molecule has 1 N–H and O–H groups in total. The summed E-state index contributed by atoms with van der Waals surface area (Å²) in [5, 5.41) is 12.1. The first-order valence-corrected chi connectivity index (χ1v) is 10.2. The van der Waals surface area contributed by atoms with Gasteiger partial charge in [0.15, 0.2) is 0 Å². The van der Waals surface area contributed by atoms with Crippen LogP contribution in [0.15, 0.2) is 46.0 Å². The first-order valence-electron chi connectivity index (χ1n) is 8.68. The Kier molecular flexibility index (Phi) is 4.77. The van der Waals surface area contributed by atoms with Crippen LogP contribution in [0.25, 0.3) is 11.5 Å². The zero-order chi connectivity index (χ0) is 19.7. The maximum Gasteiger partial charge on any atom is 0.317 e. The van der Waals surface area contributed by atoms with Crippen molar-refractivity contribution < 1.29 is 17.6 Å². The van der Waals surface area contributed by atoms with E-state index in [2.05, 4.69) is 20.0 Å². The first kappa shape index (κ1) is 18.4. The third kappa shape index (κ3) is 3.71. The summed E-state index contributed by atoms with van der Waals surface area (Å²) in [4.78, 5) is 1.81. The summed E-state index contributed by atoms with van der Waals surface area (Å²) in [5.74, 6) is 0.359. The highest BCUT2D eigenvalue weighted by atomic mass is 32.2. The second-order valence-corrected chi connectivity index (χ2v) is 8.32. The van der Waals surface area contributed by atoms with E-state index in [-0.39, 0.29) is 10.9 Å². The van der Waals surface area contributed by atoms with E-state index in [1.54, 1.807) is 47.9 Å². The number of nitrogens with zero attached hydrogens (tertiary/aromatic N) is 5. The standard InChI is InChI=1S/C17H20N6O4S/c1-22(2)17-20-19-16(27-17)12-3-5-13(6-4-12)21-28(24,25)15-9-18-23(10-15)14-7-8-26-11-14/h3-6,9-10,14,21H,7-8,11H2,1-2H3/t14-/m1/s1. The summed E-state index contributed by atoms with van der Waals surface area (Å²) in [5.41, 5.74) is 1.12. The minimum Gasteiger partial charge on any atom is -0.403 e. The van der Waals surface area contributed by atoms with Gasteiger partial charge in [-0.2, -0.15) is 5.10 Å². The van der Waals surface area contributed by atoms with Crippen molar-refractivity contribution in [2.75, 3.05) is 36.9 Å². The molecule has 0 radical (unpaired) electrons. The van der Waals surface area contributed by atoms with Crippen molar-refractivity contribution in [3.05, 3.63) is 36.7 Å². The normalized spacial score (nSPS) is 17.0. The van der Waals surface area contributed by atoms with Crippen LogP contribution >= 0.6 is 0 Å². The van der Waals surface area contributed by atoms with Gasteiger partial charge in [0.2, 0.25) is 5.89 Å². The van der Waals surface area contributed by atoms with E-state index in [1.807, 2.05) is 0 Å². The minimum atomic E-state index is -3.74. The van der Waals surface area contributed by atoms with Gasteiger partial charge in [-0.15, -0.1) is 5.10 Å². The fourth-order valence-corrected chi connectivity index (χ4v) is 3.79. The van der Waals surface area contributed by atoms with E-state index < -0.39 is 10.0 Å². The molecule has 1 fully saturated rings. The van der Waals surface area contributed by atoms with Gasteiger partial charge >= 0.3 is 6.01 Å². The molecule has 0 amide bonds. The van der Waals surface area contributed by atoms with Gasteiger partial charge in [0, 0.05) is 38.1 Å². The van der Waals surface area contributed by atoms with Gasteiger partial charge in [0.25, 0.3) is 10.0 Å². The lowest BCUT2D eigenvalue weighted by Crippen LogP contribution is -2.13. The second-order valence-electron chi connectivity index (χ2n) is 6.64. The molecule has 0 bridgehead atoms. The largest absolute Gasteiger partial charge is 0.403 e. The van der Waals surface area contributed by atoms with Crippen molar-refractivity contribution in [1.82, 2.24) is 20.0 Å². The summed E-state index contributed by atoms with van der Waals surface area (Å²) in [6.45, 7) is 1.20. The molecule has 0 saturated carbocycles. The average Bonchev–Trinajstić information content (AvgIpc) is 3.41. The van der Waals surface area contributed by atoms with E-state index in [1.165, 1.54) is 12.4 Å². The SMILES string of the molecule is CN(C)c1nnc(-c2ccc(NS(=O)(=O)c3cnn([C@@H]4CCOC4)c3)cc2)o1. The summed E-state index contributed by atoms with van der Waals surface area (Å²) < 4.78 is 40.3. The molecule has 0 aliphatic carbocycles. The maximum atomic E-state index is 12.6. The lowest BCUT2D eigenvalue weighted by molar-refractivity contribution is 0.184. The number of nitrogens with one attached hydrogen (secondary N) is 1. The predicted molar refractivity (Wildman–Crippen MR) is 102 cm³/mol. The Morgan fingerprint density at radius 1 is 1.21 bits per heavy atom. The molecule has 3 heterocycles. The average molecular weight is 404 g/mol. The van der Waals surface area contributed by atoms with Crippen LogP contribution in [0.3, 0.4) is 0 Å². The van der Waals surface area contributed by atoms with Gasteiger partial charge in [0.05, 0.1) is 18.8 Å². The number of aromatic nitrogens is 4. The van der Waals surface area contributed by atoms with Crippen LogP contribution in [-0.2, 0) is 14.8 Å². The smallest absolute Gasteiger partial charge is 0.317 e. The lowest BCUT2D eigenvalue weighted by atomic mass is 10.2. The Balaban J connectivity index is 1.48. The highest BCUT2D eigenvalue weighted by Crippen LogP contribution is 2.24. The van der Waals surface area contributed by atoms with Crippen molar-refractivity contribution in [1.29, 1.82) is 0 Å². The molecule has 1 aliphatic heterocycles. The molecule has 1 aliphatic rings. The van der Waals surface area contributed by atoms with Crippen molar-refractivity contribution in [3.63, 3.8) is 0 Å². The number of rotatable bonds is 6. The zero-order valence-electron chi connectivity index (χ0n) is 15.4. The van der Waals surface area contributed by atoms with Gasteiger partial charge in [-0.3, -0.25) is 9.40 Å². The molecule has 1 aromatic carbocycles. The number of hydrogen-bond donors (Lipinski definition) is 1. The van der Waals surface area contributed by atoms with E-state index in [4.69, 9.17) is 9.15 Å². The number of anilines is 2. The third-order valence-electron chi connectivity index (χ3n) is 4.35. The molecule has 2 aromatic heterocycles. The fraction of sp³-hybridized carbons (Fsp3) is 0.353. The molecule has 11 heteroatoms. The maximum absolute atomic E-state index is 12.6. The molecular weight excluding hydrogens is 384 g/mol. The van der Waals surface area contributed by atoms with Crippen LogP contribution in [0.2, 0.25) is 0 Å². The van der Waals surface area contributed by atoms with Gasteiger partial charge in [-0.1, -0.05) is 5.10 Å². The van der Waals surface area contributed by atoms with Crippen LogP contribution in [-0.4, -0.2) is 55.7 Å². The first-order chi connectivity index (χ1) is 13.4. The molecule has 3 aromatic rings. The van der Waals surface area contributed by atoms with Gasteiger partial charge < -0.3 is 14.1 Å². The molecular formula is C17H20N6O4S. The Morgan fingerprint density at radius 3 is 2.64 bits per heavy atom.